The van der Waals surface area contributed by atoms with Gasteiger partial charge in [-0.2, -0.15) is 4.31 Å². The molecule has 2 aromatic rings. The van der Waals surface area contributed by atoms with Gasteiger partial charge in [-0.3, -0.25) is 0 Å². The van der Waals surface area contributed by atoms with Gasteiger partial charge in [0.25, 0.3) is 0 Å². The molecule has 0 fully saturated rings. The summed E-state index contributed by atoms with van der Waals surface area (Å²) in [6.45, 7) is 3.58. The highest BCUT2D eigenvalue weighted by atomic mass is 35.5. The van der Waals surface area contributed by atoms with Gasteiger partial charge in [-0.05, 0) is 60.9 Å². The fourth-order valence-electron chi connectivity index (χ4n) is 3.52. The first-order chi connectivity index (χ1) is 12.5. The molecule has 4 rings (SSSR count). The molecule has 0 spiro atoms. The Bertz CT molecular complexity index is 927. The fourth-order valence-corrected chi connectivity index (χ4v) is 5.26. The second-order valence-electron chi connectivity index (χ2n) is 6.54. The van der Waals surface area contributed by atoms with E-state index in [0.717, 1.165) is 23.3 Å². The normalized spacial score (nSPS) is 20.3. The van der Waals surface area contributed by atoms with E-state index in [1.807, 2.05) is 19.1 Å². The zero-order chi connectivity index (χ0) is 18.3. The monoisotopic (exact) mass is 393 g/mol. The van der Waals surface area contributed by atoms with Crippen molar-refractivity contribution in [2.45, 2.75) is 30.7 Å². The van der Waals surface area contributed by atoms with Crippen molar-refractivity contribution >= 4 is 21.6 Å². The summed E-state index contributed by atoms with van der Waals surface area (Å²) in [6, 6.07) is 9.95. The number of rotatable bonds is 2. The van der Waals surface area contributed by atoms with Crippen LogP contribution in [0.15, 0.2) is 41.3 Å². The Balaban J connectivity index is 1.70. The van der Waals surface area contributed by atoms with Crippen LogP contribution in [0.25, 0.3) is 0 Å². The van der Waals surface area contributed by atoms with Gasteiger partial charge in [-0.15, -0.1) is 0 Å². The number of sulfonamides is 1. The molecule has 0 bridgehead atoms. The summed E-state index contributed by atoms with van der Waals surface area (Å²) in [4.78, 5) is 0.256. The van der Waals surface area contributed by atoms with Gasteiger partial charge in [0.15, 0.2) is 11.5 Å². The maximum absolute atomic E-state index is 13.1. The SMILES string of the molecule is C[C@H]1c2cc3c(cc2CCN1S(=O)(=O)c1ccc(Cl)cc1)OCCCO3. The van der Waals surface area contributed by atoms with Crippen LogP contribution in [0.4, 0.5) is 0 Å². The molecule has 0 amide bonds. The molecule has 7 heteroatoms. The molecular formula is C19H20ClNO4S. The van der Waals surface area contributed by atoms with Gasteiger partial charge >= 0.3 is 0 Å². The van der Waals surface area contributed by atoms with Crippen LogP contribution >= 0.6 is 11.6 Å². The van der Waals surface area contributed by atoms with Gasteiger partial charge in [0.05, 0.1) is 18.1 Å². The van der Waals surface area contributed by atoms with Gasteiger partial charge in [0.2, 0.25) is 10.0 Å². The minimum atomic E-state index is -3.60. The third kappa shape index (κ3) is 3.06. The molecule has 0 saturated carbocycles. The van der Waals surface area contributed by atoms with E-state index >= 15 is 0 Å². The molecule has 5 nitrogen and oxygen atoms in total. The van der Waals surface area contributed by atoms with Crippen LogP contribution < -0.4 is 9.47 Å². The molecule has 2 aliphatic heterocycles. The first-order valence-electron chi connectivity index (χ1n) is 8.66. The number of benzene rings is 2. The fraction of sp³-hybridized carbons (Fsp3) is 0.368. The standard InChI is InChI=1S/C19H20ClNO4S/c1-13-17-12-19-18(24-9-2-10-25-19)11-14(17)7-8-21(13)26(22,23)16-5-3-15(20)4-6-16/h3-6,11-13H,2,7-10H2,1H3/t13-/m0/s1. The van der Waals surface area contributed by atoms with Crippen LogP contribution in [-0.2, 0) is 16.4 Å². The molecule has 2 heterocycles. The molecule has 0 aromatic heterocycles. The van der Waals surface area contributed by atoms with E-state index in [2.05, 4.69) is 0 Å². The summed E-state index contributed by atoms with van der Waals surface area (Å²) in [6.07, 6.45) is 1.48. The van der Waals surface area contributed by atoms with Crippen molar-refractivity contribution in [2.24, 2.45) is 0 Å². The Morgan fingerprint density at radius 3 is 2.42 bits per heavy atom. The maximum Gasteiger partial charge on any atom is 0.243 e. The Morgan fingerprint density at radius 1 is 1.08 bits per heavy atom. The van der Waals surface area contributed by atoms with Crippen molar-refractivity contribution in [2.75, 3.05) is 19.8 Å². The summed E-state index contributed by atoms with van der Waals surface area (Å²) >= 11 is 5.89. The minimum Gasteiger partial charge on any atom is -0.490 e. The summed E-state index contributed by atoms with van der Waals surface area (Å²) in [7, 11) is -3.60. The lowest BCUT2D eigenvalue weighted by Gasteiger charge is -2.34. The Morgan fingerprint density at radius 2 is 1.73 bits per heavy atom. The number of hydrogen-bond acceptors (Lipinski definition) is 4. The third-order valence-corrected chi connectivity index (χ3v) is 7.15. The number of halogens is 1. The van der Waals surface area contributed by atoms with Crippen molar-refractivity contribution < 1.29 is 17.9 Å². The van der Waals surface area contributed by atoms with Gasteiger partial charge in [-0.25, -0.2) is 8.42 Å². The van der Waals surface area contributed by atoms with E-state index in [0.29, 0.717) is 37.0 Å². The summed E-state index contributed by atoms with van der Waals surface area (Å²) in [5.41, 5.74) is 2.09. The van der Waals surface area contributed by atoms with E-state index in [-0.39, 0.29) is 10.9 Å². The first-order valence-corrected chi connectivity index (χ1v) is 10.5. The smallest absolute Gasteiger partial charge is 0.243 e. The number of fused-ring (bicyclic) bond motifs is 2. The van der Waals surface area contributed by atoms with Crippen LogP contribution in [0.2, 0.25) is 5.02 Å². The highest BCUT2D eigenvalue weighted by Crippen LogP contribution is 2.40. The molecule has 2 aliphatic rings. The van der Waals surface area contributed by atoms with Crippen LogP contribution in [0.5, 0.6) is 11.5 Å². The van der Waals surface area contributed by atoms with E-state index in [9.17, 15) is 8.42 Å². The molecule has 138 valence electrons. The summed E-state index contributed by atoms with van der Waals surface area (Å²) in [5.74, 6) is 1.45. The molecule has 0 N–H and O–H groups in total. The van der Waals surface area contributed by atoms with Crippen molar-refractivity contribution in [1.82, 2.24) is 4.31 Å². The average molecular weight is 394 g/mol. The molecule has 0 aliphatic carbocycles. The Kier molecular flexibility index (Phi) is 4.59. The van der Waals surface area contributed by atoms with Crippen LogP contribution in [0.1, 0.15) is 30.5 Å². The molecule has 0 radical (unpaired) electrons. The zero-order valence-electron chi connectivity index (χ0n) is 14.4. The topological polar surface area (TPSA) is 55.8 Å². The highest BCUT2D eigenvalue weighted by molar-refractivity contribution is 7.89. The molecule has 1 atom stereocenters. The molecular weight excluding hydrogens is 374 g/mol. The second-order valence-corrected chi connectivity index (χ2v) is 8.87. The molecule has 26 heavy (non-hydrogen) atoms. The van der Waals surface area contributed by atoms with Gasteiger partial charge in [0, 0.05) is 24.0 Å². The van der Waals surface area contributed by atoms with E-state index in [1.54, 1.807) is 28.6 Å². The van der Waals surface area contributed by atoms with Crippen LogP contribution in [-0.4, -0.2) is 32.5 Å². The Hall–Kier alpha value is -1.76. The number of nitrogens with zero attached hydrogens (tertiary/aromatic N) is 1. The largest absolute Gasteiger partial charge is 0.490 e. The average Bonchev–Trinajstić information content (AvgIpc) is 2.85. The third-order valence-electron chi connectivity index (χ3n) is 4.91. The van der Waals surface area contributed by atoms with Crippen molar-refractivity contribution in [3.63, 3.8) is 0 Å². The minimum absolute atomic E-state index is 0.256. The predicted molar refractivity (Wildman–Crippen MR) is 99.5 cm³/mol. The van der Waals surface area contributed by atoms with Crippen LogP contribution in [0.3, 0.4) is 0 Å². The van der Waals surface area contributed by atoms with Crippen molar-refractivity contribution in [3.05, 3.63) is 52.5 Å². The summed E-state index contributed by atoms with van der Waals surface area (Å²) in [5, 5.41) is 0.515. The molecule has 0 unspecified atom stereocenters. The van der Waals surface area contributed by atoms with Gasteiger partial charge < -0.3 is 9.47 Å². The lowest BCUT2D eigenvalue weighted by Crippen LogP contribution is -2.38. The van der Waals surface area contributed by atoms with E-state index < -0.39 is 10.0 Å². The lowest BCUT2D eigenvalue weighted by molar-refractivity contribution is 0.296. The van der Waals surface area contributed by atoms with Crippen LogP contribution in [0, 0.1) is 0 Å². The number of hydrogen-bond donors (Lipinski definition) is 0. The summed E-state index contributed by atoms with van der Waals surface area (Å²) < 4.78 is 39.3. The predicted octanol–water partition coefficient (Wildman–Crippen LogP) is 3.81. The first kappa shape index (κ1) is 17.6. The van der Waals surface area contributed by atoms with Gasteiger partial charge in [-0.1, -0.05) is 11.6 Å². The highest BCUT2D eigenvalue weighted by Gasteiger charge is 2.35. The number of ether oxygens (including phenoxy) is 2. The van der Waals surface area contributed by atoms with Crippen molar-refractivity contribution in [1.29, 1.82) is 0 Å². The maximum atomic E-state index is 13.1. The Labute approximate surface area is 158 Å². The van der Waals surface area contributed by atoms with Crippen molar-refractivity contribution in [3.8, 4) is 11.5 Å². The quantitative estimate of drug-likeness (QED) is 0.778. The molecule has 0 saturated heterocycles. The van der Waals surface area contributed by atoms with E-state index in [1.165, 1.54) is 0 Å². The lowest BCUT2D eigenvalue weighted by atomic mass is 9.94. The van der Waals surface area contributed by atoms with E-state index in [4.69, 9.17) is 21.1 Å². The zero-order valence-corrected chi connectivity index (χ0v) is 16.0. The second kappa shape index (κ2) is 6.76. The molecule has 2 aromatic carbocycles. The van der Waals surface area contributed by atoms with Gasteiger partial charge in [0.1, 0.15) is 0 Å².